The van der Waals surface area contributed by atoms with Gasteiger partial charge in [0.1, 0.15) is 12.6 Å². The second kappa shape index (κ2) is 7.16. The van der Waals surface area contributed by atoms with Gasteiger partial charge in [-0.1, -0.05) is 0 Å². The lowest BCUT2D eigenvalue weighted by atomic mass is 10.2. The molecule has 9 heteroatoms. The average molecular weight is 318 g/mol. The lowest BCUT2D eigenvalue weighted by Crippen LogP contribution is -2.41. The zero-order chi connectivity index (χ0) is 16.8. The number of nitrogens with zero attached hydrogens (tertiary/aromatic N) is 3. The fourth-order valence-electron chi connectivity index (χ4n) is 1.74. The Balaban J connectivity index is 1.82. The molecular formula is C14H14N4O5. The van der Waals surface area contributed by atoms with Crippen LogP contribution in [0.1, 0.15) is 17.3 Å². The number of ether oxygens (including phenoxy) is 1. The molecule has 0 aliphatic carbocycles. The third-order valence-electron chi connectivity index (χ3n) is 2.95. The zero-order valence-corrected chi connectivity index (χ0v) is 12.2. The van der Waals surface area contributed by atoms with Crippen molar-refractivity contribution >= 4 is 17.7 Å². The molecule has 1 amide bonds. The topological polar surface area (TPSA) is 116 Å². The van der Waals surface area contributed by atoms with Gasteiger partial charge in [0.25, 0.3) is 11.6 Å². The number of non-ortho nitro benzene ring substituents is 1. The van der Waals surface area contributed by atoms with Crippen LogP contribution in [-0.4, -0.2) is 32.7 Å². The van der Waals surface area contributed by atoms with Gasteiger partial charge in [-0.2, -0.15) is 5.10 Å². The molecule has 120 valence electrons. The number of carbonyl (C=O) groups excluding carboxylic acids is 2. The van der Waals surface area contributed by atoms with E-state index in [4.69, 9.17) is 4.74 Å². The molecule has 0 aliphatic heterocycles. The number of nitro benzene ring substituents is 1. The molecule has 0 radical (unpaired) electrons. The lowest BCUT2D eigenvalue weighted by molar-refractivity contribution is -0.384. The van der Waals surface area contributed by atoms with Crippen molar-refractivity contribution in [3.8, 4) is 0 Å². The lowest BCUT2D eigenvalue weighted by Gasteiger charge is -2.12. The van der Waals surface area contributed by atoms with Gasteiger partial charge in [-0.25, -0.2) is 9.48 Å². The third kappa shape index (κ3) is 4.37. The van der Waals surface area contributed by atoms with Gasteiger partial charge in [0.2, 0.25) is 0 Å². The molecule has 23 heavy (non-hydrogen) atoms. The van der Waals surface area contributed by atoms with E-state index in [1.807, 2.05) is 0 Å². The summed E-state index contributed by atoms with van der Waals surface area (Å²) < 4.78 is 6.08. The highest BCUT2D eigenvalue weighted by molar-refractivity contribution is 5.86. The van der Waals surface area contributed by atoms with Crippen LogP contribution in [0.5, 0.6) is 0 Å². The van der Waals surface area contributed by atoms with E-state index in [-0.39, 0.29) is 12.3 Å². The van der Waals surface area contributed by atoms with Crippen LogP contribution in [0, 0.1) is 10.1 Å². The van der Waals surface area contributed by atoms with Gasteiger partial charge in [0, 0.05) is 24.5 Å². The second-order valence-electron chi connectivity index (χ2n) is 4.65. The van der Waals surface area contributed by atoms with E-state index < -0.39 is 23.0 Å². The molecule has 1 N–H and O–H groups in total. The molecule has 1 aromatic carbocycles. The Hall–Kier alpha value is -3.23. The van der Waals surface area contributed by atoms with Crippen LogP contribution in [0.15, 0.2) is 42.7 Å². The van der Waals surface area contributed by atoms with Gasteiger partial charge in [-0.3, -0.25) is 14.9 Å². The fraction of sp³-hybridized carbons (Fsp3) is 0.214. The normalized spacial score (nSPS) is 11.5. The maximum Gasteiger partial charge on any atom is 0.408 e. The molecule has 0 saturated carbocycles. The summed E-state index contributed by atoms with van der Waals surface area (Å²) >= 11 is 0. The number of alkyl carbamates (subject to hydrolysis) is 1. The summed E-state index contributed by atoms with van der Waals surface area (Å²) in [5.41, 5.74) is 0.549. The van der Waals surface area contributed by atoms with Crippen molar-refractivity contribution in [1.82, 2.24) is 15.1 Å². The molecule has 9 nitrogen and oxygen atoms in total. The van der Waals surface area contributed by atoms with Crippen molar-refractivity contribution in [3.63, 3.8) is 0 Å². The standard InChI is InChI=1S/C14H14N4O5/c1-10(13(19)17-8-2-7-15-17)16-14(20)23-9-11-3-5-12(6-4-11)18(21)22/h2-8,10H,9H2,1H3,(H,16,20). The number of carbonyl (C=O) groups is 2. The number of nitrogens with one attached hydrogen (secondary N) is 1. The number of hydrogen-bond donors (Lipinski definition) is 1. The summed E-state index contributed by atoms with van der Waals surface area (Å²) in [5, 5.41) is 16.7. The van der Waals surface area contributed by atoms with E-state index in [1.165, 1.54) is 43.6 Å². The predicted octanol–water partition coefficient (Wildman–Crippen LogP) is 1.75. The highest BCUT2D eigenvalue weighted by Gasteiger charge is 2.18. The fourth-order valence-corrected chi connectivity index (χ4v) is 1.74. The van der Waals surface area contributed by atoms with E-state index in [1.54, 1.807) is 6.07 Å². The Bertz CT molecular complexity index is 696. The van der Waals surface area contributed by atoms with Crippen LogP contribution in [0.2, 0.25) is 0 Å². The first-order chi connectivity index (χ1) is 11.0. The van der Waals surface area contributed by atoms with Crippen LogP contribution in [0.25, 0.3) is 0 Å². The zero-order valence-electron chi connectivity index (χ0n) is 12.2. The van der Waals surface area contributed by atoms with Gasteiger partial charge < -0.3 is 10.1 Å². The Kier molecular flexibility index (Phi) is 5.03. The number of aromatic nitrogens is 2. The first-order valence-corrected chi connectivity index (χ1v) is 6.68. The number of nitro groups is 1. The summed E-state index contributed by atoms with van der Waals surface area (Å²) in [4.78, 5) is 33.6. The molecule has 0 aliphatic rings. The number of hydrogen-bond acceptors (Lipinski definition) is 6. The first-order valence-electron chi connectivity index (χ1n) is 6.68. The smallest absolute Gasteiger partial charge is 0.408 e. The molecule has 0 saturated heterocycles. The maximum absolute atomic E-state index is 11.9. The molecule has 1 heterocycles. The summed E-state index contributed by atoms with van der Waals surface area (Å²) in [7, 11) is 0. The number of amides is 1. The molecule has 2 aromatic rings. The van der Waals surface area contributed by atoms with Crippen molar-refractivity contribution in [2.75, 3.05) is 0 Å². The molecule has 0 spiro atoms. The SMILES string of the molecule is CC(NC(=O)OCc1ccc([N+](=O)[O-])cc1)C(=O)n1cccn1. The molecule has 1 unspecified atom stereocenters. The highest BCUT2D eigenvalue weighted by Crippen LogP contribution is 2.12. The monoisotopic (exact) mass is 318 g/mol. The van der Waals surface area contributed by atoms with E-state index in [2.05, 4.69) is 10.4 Å². The average Bonchev–Trinajstić information content (AvgIpc) is 3.06. The third-order valence-corrected chi connectivity index (χ3v) is 2.95. The summed E-state index contributed by atoms with van der Waals surface area (Å²) in [6.45, 7) is 1.45. The van der Waals surface area contributed by atoms with Crippen molar-refractivity contribution in [3.05, 3.63) is 58.4 Å². The molecule has 2 rings (SSSR count). The molecule has 0 fully saturated rings. The Labute approximate surface area is 131 Å². The van der Waals surface area contributed by atoms with Crippen LogP contribution in [-0.2, 0) is 11.3 Å². The minimum Gasteiger partial charge on any atom is -0.445 e. The van der Waals surface area contributed by atoms with Gasteiger partial charge in [-0.15, -0.1) is 0 Å². The minimum atomic E-state index is -0.806. The van der Waals surface area contributed by atoms with Crippen molar-refractivity contribution in [2.24, 2.45) is 0 Å². The van der Waals surface area contributed by atoms with Crippen LogP contribution >= 0.6 is 0 Å². The van der Waals surface area contributed by atoms with E-state index in [0.29, 0.717) is 5.56 Å². The van der Waals surface area contributed by atoms with Gasteiger partial charge in [-0.05, 0) is 30.7 Å². The molecule has 1 atom stereocenters. The van der Waals surface area contributed by atoms with Crippen LogP contribution in [0.3, 0.4) is 0 Å². The molecular weight excluding hydrogens is 304 g/mol. The van der Waals surface area contributed by atoms with Gasteiger partial charge in [0.05, 0.1) is 4.92 Å². The predicted molar refractivity (Wildman–Crippen MR) is 78.7 cm³/mol. The van der Waals surface area contributed by atoms with Crippen LogP contribution < -0.4 is 5.32 Å². The Morgan fingerprint density at radius 1 is 1.39 bits per heavy atom. The number of rotatable bonds is 5. The van der Waals surface area contributed by atoms with E-state index in [9.17, 15) is 19.7 Å². The first kappa shape index (κ1) is 16.1. The Morgan fingerprint density at radius 3 is 2.65 bits per heavy atom. The minimum absolute atomic E-state index is 0.0448. The van der Waals surface area contributed by atoms with Crippen LogP contribution in [0.4, 0.5) is 10.5 Å². The van der Waals surface area contributed by atoms with E-state index in [0.717, 1.165) is 4.68 Å². The summed E-state index contributed by atoms with van der Waals surface area (Å²) in [6, 6.07) is 6.41. The van der Waals surface area contributed by atoms with Gasteiger partial charge in [0.15, 0.2) is 0 Å². The summed E-state index contributed by atoms with van der Waals surface area (Å²) in [6.07, 6.45) is 2.16. The highest BCUT2D eigenvalue weighted by atomic mass is 16.6. The number of benzene rings is 1. The maximum atomic E-state index is 11.9. The molecule has 1 aromatic heterocycles. The van der Waals surface area contributed by atoms with Crippen molar-refractivity contribution < 1.29 is 19.2 Å². The van der Waals surface area contributed by atoms with Crippen molar-refractivity contribution in [2.45, 2.75) is 19.6 Å². The van der Waals surface area contributed by atoms with Crippen molar-refractivity contribution in [1.29, 1.82) is 0 Å². The molecule has 0 bridgehead atoms. The largest absolute Gasteiger partial charge is 0.445 e. The summed E-state index contributed by atoms with van der Waals surface area (Å²) in [5.74, 6) is -0.401. The van der Waals surface area contributed by atoms with Gasteiger partial charge >= 0.3 is 6.09 Å². The quantitative estimate of drug-likeness (QED) is 0.663. The van der Waals surface area contributed by atoms with E-state index >= 15 is 0 Å². The Morgan fingerprint density at radius 2 is 2.09 bits per heavy atom. The second-order valence-corrected chi connectivity index (χ2v) is 4.65.